The number of rotatable bonds is 5. The minimum Gasteiger partial charge on any atom is -0.300 e. The second-order valence-electron chi connectivity index (χ2n) is 3.55. The quantitative estimate of drug-likeness (QED) is 0.593. The number of oxime groups is 1. The summed E-state index contributed by atoms with van der Waals surface area (Å²) < 4.78 is 27.7. The summed E-state index contributed by atoms with van der Waals surface area (Å²) in [4.78, 5) is 10.8. The summed E-state index contributed by atoms with van der Waals surface area (Å²) in [5.74, 6) is -0.105. The van der Waals surface area contributed by atoms with E-state index in [4.69, 9.17) is 0 Å². The Labute approximate surface area is 100 Å². The topological polar surface area (TPSA) is 72.8 Å². The molecule has 0 atom stereocenters. The lowest BCUT2D eigenvalue weighted by molar-refractivity contribution is -0.115. The highest BCUT2D eigenvalue weighted by atomic mass is 32.2. The highest BCUT2D eigenvalue weighted by molar-refractivity contribution is 7.86. The molecular weight excluding hydrogens is 242 g/mol. The van der Waals surface area contributed by atoms with Crippen molar-refractivity contribution in [3.63, 3.8) is 0 Å². The van der Waals surface area contributed by atoms with E-state index >= 15 is 0 Å². The van der Waals surface area contributed by atoms with E-state index in [0.29, 0.717) is 5.71 Å². The molecule has 0 saturated heterocycles. The predicted molar refractivity (Wildman–Crippen MR) is 63.1 cm³/mol. The largest absolute Gasteiger partial charge is 0.358 e. The van der Waals surface area contributed by atoms with Gasteiger partial charge in [-0.1, -0.05) is 23.4 Å². The number of hydrogen-bond acceptors (Lipinski definition) is 5. The van der Waals surface area contributed by atoms with Crippen molar-refractivity contribution in [1.29, 1.82) is 0 Å². The second kappa shape index (κ2) is 5.58. The van der Waals surface area contributed by atoms with Crippen LogP contribution in [0.25, 0.3) is 0 Å². The second-order valence-corrected chi connectivity index (χ2v) is 5.08. The van der Waals surface area contributed by atoms with Crippen LogP contribution in [0.1, 0.15) is 20.3 Å². The van der Waals surface area contributed by atoms with Crippen molar-refractivity contribution >= 4 is 21.6 Å². The van der Waals surface area contributed by atoms with Gasteiger partial charge in [0.2, 0.25) is 0 Å². The van der Waals surface area contributed by atoms with E-state index in [-0.39, 0.29) is 17.1 Å². The van der Waals surface area contributed by atoms with Crippen LogP contribution >= 0.6 is 0 Å². The van der Waals surface area contributed by atoms with Gasteiger partial charge in [-0.2, -0.15) is 8.42 Å². The van der Waals surface area contributed by atoms with Gasteiger partial charge < -0.3 is 0 Å². The zero-order chi connectivity index (χ0) is 12.9. The lowest BCUT2D eigenvalue weighted by Crippen LogP contribution is -2.06. The number of ketones is 1. The smallest absolute Gasteiger partial charge is 0.300 e. The molecule has 0 heterocycles. The van der Waals surface area contributed by atoms with Crippen molar-refractivity contribution in [2.45, 2.75) is 25.2 Å². The normalized spacial score (nSPS) is 12.2. The summed E-state index contributed by atoms with van der Waals surface area (Å²) in [6, 6.07) is 7.68. The Hall–Kier alpha value is -1.69. The molecule has 92 valence electrons. The zero-order valence-corrected chi connectivity index (χ0v) is 10.4. The van der Waals surface area contributed by atoms with Crippen LogP contribution in [-0.2, 0) is 19.2 Å². The number of benzene rings is 1. The maximum absolute atomic E-state index is 11.6. The third-order valence-electron chi connectivity index (χ3n) is 1.83. The molecule has 0 fully saturated rings. The summed E-state index contributed by atoms with van der Waals surface area (Å²) in [6.45, 7) is 2.92. The molecule has 17 heavy (non-hydrogen) atoms. The fourth-order valence-electron chi connectivity index (χ4n) is 1.14. The number of Topliss-reactive ketones (excluding diaryl/α,β-unsaturated/α-hetero) is 1. The fourth-order valence-corrected chi connectivity index (χ4v) is 1.94. The van der Waals surface area contributed by atoms with Gasteiger partial charge in [-0.05, 0) is 26.0 Å². The standard InChI is InChI=1S/C11H13NO4S/c1-9(8-10(2)13)12-16-17(14,15)11-6-4-3-5-7-11/h3-7H,8H2,1-2H3/b12-9+. The van der Waals surface area contributed by atoms with Crippen LogP contribution in [0.4, 0.5) is 0 Å². The number of hydrogen-bond donors (Lipinski definition) is 0. The number of carbonyl (C=O) groups is 1. The summed E-state index contributed by atoms with van der Waals surface area (Å²) in [7, 11) is -3.89. The monoisotopic (exact) mass is 255 g/mol. The molecular formula is C11H13NO4S. The van der Waals surface area contributed by atoms with E-state index in [1.54, 1.807) is 18.2 Å². The molecule has 0 saturated carbocycles. The van der Waals surface area contributed by atoms with Gasteiger partial charge in [0.05, 0.1) is 5.71 Å². The van der Waals surface area contributed by atoms with Crippen molar-refractivity contribution < 1.29 is 17.5 Å². The lowest BCUT2D eigenvalue weighted by atomic mass is 10.2. The summed E-state index contributed by atoms with van der Waals surface area (Å²) in [5, 5.41) is 3.42. The number of carbonyl (C=O) groups excluding carboxylic acids is 1. The molecule has 0 amide bonds. The van der Waals surface area contributed by atoms with Gasteiger partial charge in [0.25, 0.3) is 0 Å². The highest BCUT2D eigenvalue weighted by Gasteiger charge is 2.14. The van der Waals surface area contributed by atoms with Crippen LogP contribution in [0.5, 0.6) is 0 Å². The minimum absolute atomic E-state index is 0.0272. The molecule has 5 nitrogen and oxygen atoms in total. The average Bonchev–Trinajstić information content (AvgIpc) is 2.27. The van der Waals surface area contributed by atoms with E-state index in [0.717, 1.165) is 0 Å². The van der Waals surface area contributed by atoms with E-state index in [9.17, 15) is 13.2 Å². The van der Waals surface area contributed by atoms with Crippen LogP contribution in [-0.4, -0.2) is 19.9 Å². The maximum atomic E-state index is 11.6. The molecule has 0 aliphatic carbocycles. The van der Waals surface area contributed by atoms with Gasteiger partial charge in [0.15, 0.2) is 0 Å². The highest BCUT2D eigenvalue weighted by Crippen LogP contribution is 2.11. The molecule has 0 unspecified atom stereocenters. The molecule has 6 heteroatoms. The Balaban J connectivity index is 2.79. The molecule has 0 aliphatic rings. The third kappa shape index (κ3) is 4.36. The molecule has 1 aromatic rings. The van der Waals surface area contributed by atoms with Gasteiger partial charge in [-0.25, -0.2) is 0 Å². The summed E-state index contributed by atoms with van der Waals surface area (Å²) in [6.07, 6.45) is 0.0737. The first kappa shape index (κ1) is 13.4. The Morgan fingerprint density at radius 2 is 1.82 bits per heavy atom. The minimum atomic E-state index is -3.89. The SMILES string of the molecule is CC(=O)C/C(C)=N/OS(=O)(=O)c1ccccc1. The van der Waals surface area contributed by atoms with E-state index in [2.05, 4.69) is 9.44 Å². The molecule has 0 bridgehead atoms. The van der Waals surface area contributed by atoms with Crippen molar-refractivity contribution in [3.8, 4) is 0 Å². The fraction of sp³-hybridized carbons (Fsp3) is 0.273. The van der Waals surface area contributed by atoms with Gasteiger partial charge >= 0.3 is 10.1 Å². The van der Waals surface area contributed by atoms with E-state index in [1.807, 2.05) is 0 Å². The van der Waals surface area contributed by atoms with Gasteiger partial charge in [-0.15, -0.1) is 0 Å². The van der Waals surface area contributed by atoms with Crippen LogP contribution in [0.3, 0.4) is 0 Å². The van der Waals surface area contributed by atoms with Crippen molar-refractivity contribution in [3.05, 3.63) is 30.3 Å². The Kier molecular flexibility index (Phi) is 4.39. The summed E-state index contributed by atoms with van der Waals surface area (Å²) >= 11 is 0. The van der Waals surface area contributed by atoms with Crippen LogP contribution < -0.4 is 0 Å². The zero-order valence-electron chi connectivity index (χ0n) is 9.58. The molecule has 0 N–H and O–H groups in total. The van der Waals surface area contributed by atoms with Gasteiger partial charge in [0, 0.05) is 6.42 Å². The van der Waals surface area contributed by atoms with Crippen LogP contribution in [0.15, 0.2) is 40.4 Å². The lowest BCUT2D eigenvalue weighted by Gasteiger charge is -2.01. The molecule has 1 aromatic carbocycles. The summed E-state index contributed by atoms with van der Waals surface area (Å²) in [5.41, 5.74) is 0.317. The Morgan fingerprint density at radius 3 is 2.35 bits per heavy atom. The maximum Gasteiger partial charge on any atom is 0.358 e. The van der Waals surface area contributed by atoms with Crippen LogP contribution in [0, 0.1) is 0 Å². The molecule has 0 aromatic heterocycles. The first-order chi connectivity index (χ1) is 7.92. The average molecular weight is 255 g/mol. The first-order valence-corrected chi connectivity index (χ1v) is 6.34. The predicted octanol–water partition coefficient (Wildman–Crippen LogP) is 1.75. The third-order valence-corrected chi connectivity index (χ3v) is 2.95. The molecule has 1 rings (SSSR count). The number of nitrogens with zero attached hydrogens (tertiary/aromatic N) is 1. The van der Waals surface area contributed by atoms with E-state index < -0.39 is 10.1 Å². The Morgan fingerprint density at radius 1 is 1.24 bits per heavy atom. The molecule has 0 aliphatic heterocycles. The van der Waals surface area contributed by atoms with Crippen molar-refractivity contribution in [2.24, 2.45) is 5.16 Å². The first-order valence-electron chi connectivity index (χ1n) is 4.93. The van der Waals surface area contributed by atoms with Gasteiger partial charge in [-0.3, -0.25) is 9.08 Å². The molecule has 0 spiro atoms. The van der Waals surface area contributed by atoms with Gasteiger partial charge in [0.1, 0.15) is 10.7 Å². The Bertz CT molecular complexity index is 520. The van der Waals surface area contributed by atoms with Crippen molar-refractivity contribution in [1.82, 2.24) is 0 Å². The van der Waals surface area contributed by atoms with E-state index in [1.165, 1.54) is 26.0 Å². The van der Waals surface area contributed by atoms with Crippen LogP contribution in [0.2, 0.25) is 0 Å². The molecule has 0 radical (unpaired) electrons. The van der Waals surface area contributed by atoms with Crippen molar-refractivity contribution in [2.75, 3.05) is 0 Å².